The third-order valence-corrected chi connectivity index (χ3v) is 3.67. The first-order chi connectivity index (χ1) is 7.68. The number of amides is 2. The van der Waals surface area contributed by atoms with Crippen molar-refractivity contribution in [1.29, 1.82) is 0 Å². The molecular weight excluding hydrogens is 204 g/mol. The number of likely N-dealkylation sites (tertiary alicyclic amines) is 1. The molecule has 2 heterocycles. The summed E-state index contributed by atoms with van der Waals surface area (Å²) in [6.07, 6.45) is 2.29. The van der Waals surface area contributed by atoms with Crippen molar-refractivity contribution in [2.75, 3.05) is 32.8 Å². The van der Waals surface area contributed by atoms with Crippen LogP contribution >= 0.6 is 0 Å². The van der Waals surface area contributed by atoms with Crippen molar-refractivity contribution in [1.82, 2.24) is 9.80 Å². The number of morpholine rings is 1. The van der Waals surface area contributed by atoms with Gasteiger partial charge in [0.15, 0.2) is 0 Å². The molecule has 1 atom stereocenters. The SMILES string of the molecule is CC1CCN(C(=O)N2CCOCC2C)CC1. The van der Waals surface area contributed by atoms with Gasteiger partial charge in [0, 0.05) is 19.6 Å². The molecule has 0 aliphatic carbocycles. The molecule has 4 nitrogen and oxygen atoms in total. The first kappa shape index (κ1) is 11.7. The molecule has 0 N–H and O–H groups in total. The van der Waals surface area contributed by atoms with E-state index < -0.39 is 0 Å². The first-order valence-corrected chi connectivity index (χ1v) is 6.32. The van der Waals surface area contributed by atoms with E-state index in [-0.39, 0.29) is 12.1 Å². The summed E-state index contributed by atoms with van der Waals surface area (Å²) < 4.78 is 5.35. The fourth-order valence-corrected chi connectivity index (χ4v) is 2.39. The molecule has 0 aromatic heterocycles. The van der Waals surface area contributed by atoms with Gasteiger partial charge in [0.05, 0.1) is 19.3 Å². The molecule has 0 aromatic rings. The number of carbonyl (C=O) groups is 1. The number of hydrogen-bond acceptors (Lipinski definition) is 2. The molecule has 2 aliphatic rings. The first-order valence-electron chi connectivity index (χ1n) is 6.32. The van der Waals surface area contributed by atoms with Crippen LogP contribution in [0.25, 0.3) is 0 Å². The second kappa shape index (κ2) is 5.04. The van der Waals surface area contributed by atoms with Gasteiger partial charge in [-0.15, -0.1) is 0 Å². The molecule has 0 aromatic carbocycles. The molecule has 16 heavy (non-hydrogen) atoms. The number of urea groups is 1. The Bertz CT molecular complexity index is 249. The van der Waals surface area contributed by atoms with Gasteiger partial charge >= 0.3 is 6.03 Å². The monoisotopic (exact) mass is 226 g/mol. The zero-order valence-corrected chi connectivity index (χ0v) is 10.3. The normalized spacial score (nSPS) is 28.2. The van der Waals surface area contributed by atoms with Crippen molar-refractivity contribution in [3.63, 3.8) is 0 Å². The van der Waals surface area contributed by atoms with Crippen LogP contribution in [0.1, 0.15) is 26.7 Å². The van der Waals surface area contributed by atoms with E-state index in [2.05, 4.69) is 13.8 Å². The number of carbonyl (C=O) groups excluding carboxylic acids is 1. The highest BCUT2D eigenvalue weighted by molar-refractivity contribution is 5.75. The second-order valence-corrected chi connectivity index (χ2v) is 5.07. The predicted octanol–water partition coefficient (Wildman–Crippen LogP) is 1.56. The van der Waals surface area contributed by atoms with Crippen LogP contribution in [0.4, 0.5) is 4.79 Å². The second-order valence-electron chi connectivity index (χ2n) is 5.07. The van der Waals surface area contributed by atoms with Crippen LogP contribution in [0.3, 0.4) is 0 Å². The van der Waals surface area contributed by atoms with Gasteiger partial charge < -0.3 is 14.5 Å². The Morgan fingerprint density at radius 1 is 1.19 bits per heavy atom. The van der Waals surface area contributed by atoms with Gasteiger partial charge in [0.25, 0.3) is 0 Å². The van der Waals surface area contributed by atoms with Crippen LogP contribution in [0.15, 0.2) is 0 Å². The van der Waals surface area contributed by atoms with Gasteiger partial charge in [-0.3, -0.25) is 0 Å². The van der Waals surface area contributed by atoms with Gasteiger partial charge in [-0.2, -0.15) is 0 Å². The lowest BCUT2D eigenvalue weighted by Gasteiger charge is -2.39. The van der Waals surface area contributed by atoms with Crippen LogP contribution in [0.5, 0.6) is 0 Å². The molecule has 2 aliphatic heterocycles. The van der Waals surface area contributed by atoms with Gasteiger partial charge in [-0.1, -0.05) is 6.92 Å². The highest BCUT2D eigenvalue weighted by atomic mass is 16.5. The van der Waals surface area contributed by atoms with E-state index in [1.807, 2.05) is 9.80 Å². The lowest BCUT2D eigenvalue weighted by Crippen LogP contribution is -2.53. The van der Waals surface area contributed by atoms with Gasteiger partial charge in [-0.05, 0) is 25.7 Å². The van der Waals surface area contributed by atoms with Crippen LogP contribution in [0, 0.1) is 5.92 Å². The van der Waals surface area contributed by atoms with E-state index in [4.69, 9.17) is 4.74 Å². The summed E-state index contributed by atoms with van der Waals surface area (Å²) in [5, 5.41) is 0. The average Bonchev–Trinajstić information content (AvgIpc) is 2.30. The summed E-state index contributed by atoms with van der Waals surface area (Å²) >= 11 is 0. The Balaban J connectivity index is 1.90. The van der Waals surface area contributed by atoms with Crippen LogP contribution in [-0.4, -0.2) is 54.7 Å². The van der Waals surface area contributed by atoms with Crippen LogP contribution in [-0.2, 0) is 4.74 Å². The summed E-state index contributed by atoms with van der Waals surface area (Å²) in [6, 6.07) is 0.434. The Hall–Kier alpha value is -0.770. The number of ether oxygens (including phenoxy) is 1. The zero-order chi connectivity index (χ0) is 11.5. The van der Waals surface area contributed by atoms with Gasteiger partial charge in [0.2, 0.25) is 0 Å². The maximum Gasteiger partial charge on any atom is 0.320 e. The number of hydrogen-bond donors (Lipinski definition) is 0. The topological polar surface area (TPSA) is 32.8 Å². The molecule has 2 fully saturated rings. The zero-order valence-electron chi connectivity index (χ0n) is 10.3. The standard InChI is InChI=1S/C12H22N2O2/c1-10-3-5-13(6-4-10)12(15)14-7-8-16-9-11(14)2/h10-11H,3-9H2,1-2H3. The smallest absolute Gasteiger partial charge is 0.320 e. The fraction of sp³-hybridized carbons (Fsp3) is 0.917. The molecule has 0 spiro atoms. The Kier molecular flexibility index (Phi) is 3.69. The minimum atomic E-state index is 0.211. The molecule has 0 bridgehead atoms. The van der Waals surface area contributed by atoms with E-state index >= 15 is 0 Å². The van der Waals surface area contributed by atoms with Crippen molar-refractivity contribution in [3.8, 4) is 0 Å². The Morgan fingerprint density at radius 2 is 1.88 bits per heavy atom. The minimum absolute atomic E-state index is 0.211. The summed E-state index contributed by atoms with van der Waals surface area (Å²) in [5.74, 6) is 0.770. The highest BCUT2D eigenvalue weighted by Crippen LogP contribution is 2.18. The average molecular weight is 226 g/mol. The molecule has 1 unspecified atom stereocenters. The Labute approximate surface area is 97.5 Å². The highest BCUT2D eigenvalue weighted by Gasteiger charge is 2.29. The molecule has 92 valence electrons. The van der Waals surface area contributed by atoms with Gasteiger partial charge in [0.1, 0.15) is 0 Å². The summed E-state index contributed by atoms with van der Waals surface area (Å²) in [6.45, 7) is 8.26. The Morgan fingerprint density at radius 3 is 2.50 bits per heavy atom. The van der Waals surface area contributed by atoms with Crippen molar-refractivity contribution in [2.45, 2.75) is 32.7 Å². The van der Waals surface area contributed by atoms with Crippen molar-refractivity contribution in [2.24, 2.45) is 5.92 Å². The quantitative estimate of drug-likeness (QED) is 0.628. The van der Waals surface area contributed by atoms with Crippen molar-refractivity contribution >= 4 is 6.03 Å². The van der Waals surface area contributed by atoms with Gasteiger partial charge in [-0.25, -0.2) is 4.79 Å². The summed E-state index contributed by atoms with van der Waals surface area (Å²) in [5.41, 5.74) is 0. The minimum Gasteiger partial charge on any atom is -0.377 e. The van der Waals surface area contributed by atoms with Crippen LogP contribution in [0.2, 0.25) is 0 Å². The third kappa shape index (κ3) is 2.48. The van der Waals surface area contributed by atoms with Crippen LogP contribution < -0.4 is 0 Å². The van der Waals surface area contributed by atoms with E-state index in [9.17, 15) is 4.79 Å². The van der Waals surface area contributed by atoms with Crippen molar-refractivity contribution < 1.29 is 9.53 Å². The number of piperidine rings is 1. The fourth-order valence-electron chi connectivity index (χ4n) is 2.39. The van der Waals surface area contributed by atoms with E-state index in [1.54, 1.807) is 0 Å². The lowest BCUT2D eigenvalue weighted by molar-refractivity contribution is 0.00818. The molecule has 4 heteroatoms. The molecule has 2 rings (SSSR count). The van der Waals surface area contributed by atoms with Crippen molar-refractivity contribution in [3.05, 3.63) is 0 Å². The molecule has 0 saturated carbocycles. The largest absolute Gasteiger partial charge is 0.377 e. The molecule has 2 saturated heterocycles. The van der Waals surface area contributed by atoms with E-state index in [0.717, 1.165) is 38.4 Å². The lowest BCUT2D eigenvalue weighted by atomic mass is 9.99. The third-order valence-electron chi connectivity index (χ3n) is 3.67. The molecular formula is C12H22N2O2. The molecule has 2 amide bonds. The maximum atomic E-state index is 12.3. The number of rotatable bonds is 0. The van der Waals surface area contributed by atoms with E-state index in [1.165, 1.54) is 0 Å². The summed E-state index contributed by atoms with van der Waals surface area (Å²) in [4.78, 5) is 16.2. The summed E-state index contributed by atoms with van der Waals surface area (Å²) in [7, 11) is 0. The maximum absolute atomic E-state index is 12.3. The number of nitrogens with zero attached hydrogens (tertiary/aromatic N) is 2. The predicted molar refractivity (Wildman–Crippen MR) is 62.4 cm³/mol. The van der Waals surface area contributed by atoms with E-state index in [0.29, 0.717) is 13.2 Å². The molecule has 0 radical (unpaired) electrons.